The van der Waals surface area contributed by atoms with Crippen molar-refractivity contribution in [3.8, 4) is 0 Å². The topological polar surface area (TPSA) is 78.9 Å². The molecule has 0 saturated heterocycles. The minimum atomic E-state index is -0.480. The summed E-state index contributed by atoms with van der Waals surface area (Å²) in [4.78, 5) is 46.1. The van der Waals surface area contributed by atoms with Gasteiger partial charge in [-0.3, -0.25) is 0 Å². The molecule has 0 aliphatic heterocycles. The van der Waals surface area contributed by atoms with Crippen LogP contribution in [0.5, 0.6) is 0 Å². The number of esters is 3. The van der Waals surface area contributed by atoms with Crippen LogP contribution in [0, 0.1) is 35.5 Å². The van der Waals surface area contributed by atoms with Gasteiger partial charge in [-0.2, -0.15) is 0 Å². The third kappa shape index (κ3) is 21.2. The molecule has 0 aliphatic rings. The summed E-state index contributed by atoms with van der Waals surface area (Å²) in [5.41, 5.74) is 3.69. The molecule has 0 spiro atoms. The standard InChI is InChI=1S/C57H102O6/c1-13-25-31-43(19-7)37-49-50(38-44(20-8)32-26-14-2)53(56(59)62-41-47(23-11)35-29-17-5)54(57(60)63-42-48(24-12)36-30-18-6)51(39-45(21-9)33-27-15-3)52(49)55(58)61-40-46(22-10)34-28-16-4/h43-48H,13-42H2,1-12H3. The van der Waals surface area contributed by atoms with Gasteiger partial charge in [0.15, 0.2) is 0 Å². The normalized spacial score (nSPS) is 14.5. The summed E-state index contributed by atoms with van der Waals surface area (Å²) in [6.45, 7) is 27.5. The average molecular weight is 883 g/mol. The fraction of sp³-hybridized carbons (Fsp3) is 0.842. The van der Waals surface area contributed by atoms with E-state index >= 15 is 14.4 Å². The van der Waals surface area contributed by atoms with Crippen LogP contribution < -0.4 is 0 Å². The Labute approximate surface area is 390 Å². The second-order valence-corrected chi connectivity index (χ2v) is 19.5. The van der Waals surface area contributed by atoms with E-state index in [1.54, 1.807) is 0 Å². The quantitative estimate of drug-likeness (QED) is 0.0484. The monoisotopic (exact) mass is 883 g/mol. The number of hydrogen-bond donors (Lipinski definition) is 0. The molecule has 0 radical (unpaired) electrons. The van der Waals surface area contributed by atoms with E-state index in [0.29, 0.717) is 61.7 Å². The van der Waals surface area contributed by atoms with Crippen LogP contribution in [-0.2, 0) is 33.5 Å². The lowest BCUT2D eigenvalue weighted by molar-refractivity contribution is 0.0374. The summed E-state index contributed by atoms with van der Waals surface area (Å²) < 4.78 is 19.4. The summed E-state index contributed by atoms with van der Waals surface area (Å²) in [7, 11) is 0. The summed E-state index contributed by atoms with van der Waals surface area (Å²) in [5, 5.41) is 0. The van der Waals surface area contributed by atoms with E-state index in [1.165, 1.54) is 0 Å². The van der Waals surface area contributed by atoms with Crippen molar-refractivity contribution in [2.45, 2.75) is 256 Å². The molecule has 0 N–H and O–H groups in total. The van der Waals surface area contributed by atoms with E-state index in [-0.39, 0.29) is 41.1 Å². The summed E-state index contributed by atoms with van der Waals surface area (Å²) in [6.07, 6.45) is 26.4. The van der Waals surface area contributed by atoms with Crippen molar-refractivity contribution >= 4 is 17.9 Å². The first-order valence-electron chi connectivity index (χ1n) is 27.2. The number of hydrogen-bond acceptors (Lipinski definition) is 6. The molecule has 0 bridgehead atoms. The molecule has 0 amide bonds. The van der Waals surface area contributed by atoms with Crippen LogP contribution in [0.25, 0.3) is 0 Å². The lowest BCUT2D eigenvalue weighted by Gasteiger charge is -2.30. The van der Waals surface area contributed by atoms with Crippen molar-refractivity contribution in [2.75, 3.05) is 19.8 Å². The van der Waals surface area contributed by atoms with Crippen LogP contribution in [0.1, 0.15) is 285 Å². The minimum absolute atomic E-state index is 0.222. The second-order valence-electron chi connectivity index (χ2n) is 19.5. The minimum Gasteiger partial charge on any atom is -0.462 e. The maximum Gasteiger partial charge on any atom is 0.339 e. The summed E-state index contributed by atoms with van der Waals surface area (Å²) >= 11 is 0. The van der Waals surface area contributed by atoms with Gasteiger partial charge in [0.2, 0.25) is 0 Å². The lowest BCUT2D eigenvalue weighted by Crippen LogP contribution is -2.29. The largest absolute Gasteiger partial charge is 0.462 e. The molecule has 0 aromatic heterocycles. The number of ether oxygens (including phenoxy) is 3. The third-order valence-electron chi connectivity index (χ3n) is 14.5. The Morgan fingerprint density at radius 3 is 0.810 bits per heavy atom. The smallest absolute Gasteiger partial charge is 0.339 e. The Hall–Kier alpha value is -2.37. The molecule has 0 fully saturated rings. The van der Waals surface area contributed by atoms with Gasteiger partial charge in [-0.15, -0.1) is 0 Å². The fourth-order valence-corrected chi connectivity index (χ4v) is 9.45. The fourth-order valence-electron chi connectivity index (χ4n) is 9.45. The molecule has 0 saturated carbocycles. The van der Waals surface area contributed by atoms with Crippen molar-refractivity contribution < 1.29 is 28.6 Å². The van der Waals surface area contributed by atoms with Crippen LogP contribution in [-0.4, -0.2) is 37.7 Å². The highest BCUT2D eigenvalue weighted by atomic mass is 16.5. The van der Waals surface area contributed by atoms with E-state index in [0.717, 1.165) is 165 Å². The molecular weight excluding hydrogens is 781 g/mol. The molecule has 6 unspecified atom stereocenters. The van der Waals surface area contributed by atoms with Gasteiger partial charge in [0.25, 0.3) is 0 Å². The Balaban J connectivity index is 4.69. The van der Waals surface area contributed by atoms with Crippen LogP contribution in [0.15, 0.2) is 0 Å². The maximum absolute atomic E-state index is 15.4. The predicted octanol–water partition coefficient (Wildman–Crippen LogP) is 17.1. The van der Waals surface area contributed by atoms with E-state index in [9.17, 15) is 0 Å². The van der Waals surface area contributed by atoms with Crippen molar-refractivity contribution in [1.82, 2.24) is 0 Å². The predicted molar refractivity (Wildman–Crippen MR) is 268 cm³/mol. The zero-order valence-electron chi connectivity index (χ0n) is 43.6. The molecule has 0 heterocycles. The molecule has 63 heavy (non-hydrogen) atoms. The molecular formula is C57H102O6. The zero-order chi connectivity index (χ0) is 47.0. The number of carbonyl (C=O) groups is 3. The highest BCUT2D eigenvalue weighted by molar-refractivity contribution is 6.09. The van der Waals surface area contributed by atoms with Crippen molar-refractivity contribution in [3.05, 3.63) is 33.4 Å². The molecule has 6 heteroatoms. The van der Waals surface area contributed by atoms with Gasteiger partial charge < -0.3 is 14.2 Å². The zero-order valence-corrected chi connectivity index (χ0v) is 43.6. The van der Waals surface area contributed by atoms with Gasteiger partial charge in [-0.25, -0.2) is 14.4 Å². The number of carbonyl (C=O) groups excluding carboxylic acids is 3. The van der Waals surface area contributed by atoms with Crippen molar-refractivity contribution in [1.29, 1.82) is 0 Å². The molecule has 6 atom stereocenters. The molecule has 1 rings (SSSR count). The van der Waals surface area contributed by atoms with Crippen molar-refractivity contribution in [3.63, 3.8) is 0 Å². The van der Waals surface area contributed by atoms with Crippen LogP contribution in [0.3, 0.4) is 0 Å². The Morgan fingerprint density at radius 2 is 0.540 bits per heavy atom. The lowest BCUT2D eigenvalue weighted by atomic mass is 9.75. The third-order valence-corrected chi connectivity index (χ3v) is 14.5. The van der Waals surface area contributed by atoms with Gasteiger partial charge in [-0.1, -0.05) is 218 Å². The summed E-state index contributed by atoms with van der Waals surface area (Å²) in [6, 6.07) is 0. The van der Waals surface area contributed by atoms with Crippen LogP contribution in [0.2, 0.25) is 0 Å². The number of unbranched alkanes of at least 4 members (excludes halogenated alkanes) is 6. The second kappa shape index (κ2) is 35.8. The number of rotatable bonds is 39. The van der Waals surface area contributed by atoms with Crippen molar-refractivity contribution in [2.24, 2.45) is 35.5 Å². The first-order chi connectivity index (χ1) is 30.5. The SMILES string of the molecule is CCCCC(CC)COC(=O)c1c(CC(CC)CCCC)c(CC(CC)CCCC)c(C(=O)OCC(CC)CCCC)c(C(=O)OCC(CC)CCCC)c1CC(CC)CCCC. The highest BCUT2D eigenvalue weighted by Gasteiger charge is 2.37. The molecule has 1 aromatic carbocycles. The molecule has 1 aromatic rings. The summed E-state index contributed by atoms with van der Waals surface area (Å²) in [5.74, 6) is 0.324. The van der Waals surface area contributed by atoms with Gasteiger partial charge in [-0.05, 0) is 90.7 Å². The van der Waals surface area contributed by atoms with Crippen LogP contribution >= 0.6 is 0 Å². The van der Waals surface area contributed by atoms with Gasteiger partial charge >= 0.3 is 17.9 Å². The molecule has 0 aliphatic carbocycles. The van der Waals surface area contributed by atoms with Gasteiger partial charge in [0.1, 0.15) is 0 Å². The van der Waals surface area contributed by atoms with E-state index in [4.69, 9.17) is 14.2 Å². The highest BCUT2D eigenvalue weighted by Crippen LogP contribution is 2.39. The Kier molecular flexibility index (Phi) is 33.4. The maximum atomic E-state index is 15.4. The molecule has 366 valence electrons. The Bertz CT molecular complexity index is 1370. The van der Waals surface area contributed by atoms with E-state index in [1.807, 2.05) is 0 Å². The first kappa shape index (κ1) is 58.6. The average Bonchev–Trinajstić information content (AvgIpc) is 3.30. The van der Waals surface area contributed by atoms with E-state index in [2.05, 4.69) is 83.1 Å². The molecule has 6 nitrogen and oxygen atoms in total. The first-order valence-corrected chi connectivity index (χ1v) is 27.2. The van der Waals surface area contributed by atoms with Gasteiger partial charge in [0, 0.05) is 0 Å². The van der Waals surface area contributed by atoms with Gasteiger partial charge in [0.05, 0.1) is 36.5 Å². The Morgan fingerprint density at radius 1 is 0.317 bits per heavy atom. The van der Waals surface area contributed by atoms with Crippen LogP contribution in [0.4, 0.5) is 0 Å². The van der Waals surface area contributed by atoms with E-state index < -0.39 is 11.9 Å². The number of benzene rings is 1.